The lowest BCUT2D eigenvalue weighted by Crippen LogP contribution is -2.18. The Morgan fingerprint density at radius 2 is 2.00 bits per heavy atom. The molecular weight excluding hydrogens is 261 g/mol. The van der Waals surface area contributed by atoms with Crippen molar-refractivity contribution in [1.29, 1.82) is 0 Å². The fraction of sp³-hybridized carbons (Fsp3) is 0.286. The molecule has 2 rings (SSSR count). The van der Waals surface area contributed by atoms with Crippen molar-refractivity contribution in [2.24, 2.45) is 5.73 Å². The van der Waals surface area contributed by atoms with E-state index in [1.165, 1.54) is 23.9 Å². The normalized spacial score (nSPS) is 12.4. The van der Waals surface area contributed by atoms with Crippen LogP contribution in [0.3, 0.4) is 0 Å². The summed E-state index contributed by atoms with van der Waals surface area (Å²) < 4.78 is 13.3. The van der Waals surface area contributed by atoms with Crippen molar-refractivity contribution in [3.8, 4) is 0 Å². The molecule has 0 aliphatic carbocycles. The van der Waals surface area contributed by atoms with E-state index in [2.05, 4.69) is 9.97 Å². The maximum absolute atomic E-state index is 13.3. The van der Waals surface area contributed by atoms with E-state index in [1.807, 2.05) is 13.8 Å². The minimum Gasteiger partial charge on any atom is -0.328 e. The van der Waals surface area contributed by atoms with Crippen LogP contribution < -0.4 is 5.73 Å². The molecule has 0 amide bonds. The Kier molecular flexibility index (Phi) is 4.50. The summed E-state index contributed by atoms with van der Waals surface area (Å²) in [6.07, 6.45) is 4.17. The predicted octanol–water partition coefficient (Wildman–Crippen LogP) is 2.97. The molecule has 0 bridgehead atoms. The zero-order valence-corrected chi connectivity index (χ0v) is 11.7. The number of aromatic nitrogens is 2. The summed E-state index contributed by atoms with van der Waals surface area (Å²) in [6, 6.07) is 4.71. The maximum Gasteiger partial charge on any atom is 0.192 e. The minimum atomic E-state index is -0.246. The van der Waals surface area contributed by atoms with E-state index in [4.69, 9.17) is 5.73 Å². The van der Waals surface area contributed by atoms with Crippen LogP contribution in [-0.2, 0) is 6.42 Å². The standard InChI is InChI=1S/C14H16FN3S/c1-9-7-17-14(18-8-9)19-13-4-3-12(15)6-11(13)5-10(2)16/h3-4,6-8,10H,5,16H2,1-2H3. The molecule has 0 aliphatic rings. The first-order valence-electron chi connectivity index (χ1n) is 6.05. The van der Waals surface area contributed by atoms with Gasteiger partial charge in [-0.05, 0) is 61.4 Å². The Morgan fingerprint density at radius 1 is 1.32 bits per heavy atom. The fourth-order valence-electron chi connectivity index (χ4n) is 1.69. The predicted molar refractivity (Wildman–Crippen MR) is 74.6 cm³/mol. The van der Waals surface area contributed by atoms with Gasteiger partial charge in [0.05, 0.1) is 0 Å². The molecule has 0 radical (unpaired) electrons. The number of benzene rings is 1. The summed E-state index contributed by atoms with van der Waals surface area (Å²) in [5.41, 5.74) is 7.70. The summed E-state index contributed by atoms with van der Waals surface area (Å²) in [7, 11) is 0. The first-order valence-corrected chi connectivity index (χ1v) is 6.87. The number of nitrogens with two attached hydrogens (primary N) is 1. The zero-order chi connectivity index (χ0) is 13.8. The Bertz CT molecular complexity index is 555. The third kappa shape index (κ3) is 4.01. The molecule has 3 nitrogen and oxygen atoms in total. The number of hydrogen-bond donors (Lipinski definition) is 1. The van der Waals surface area contributed by atoms with Gasteiger partial charge >= 0.3 is 0 Å². The summed E-state index contributed by atoms with van der Waals surface area (Å²) in [5.74, 6) is -0.246. The fourth-order valence-corrected chi connectivity index (χ4v) is 2.50. The Labute approximate surface area is 116 Å². The Morgan fingerprint density at radius 3 is 2.63 bits per heavy atom. The van der Waals surface area contributed by atoms with Crippen molar-refractivity contribution in [3.63, 3.8) is 0 Å². The lowest BCUT2D eigenvalue weighted by atomic mass is 10.1. The number of hydrogen-bond acceptors (Lipinski definition) is 4. The van der Waals surface area contributed by atoms with Crippen molar-refractivity contribution in [2.45, 2.75) is 36.4 Å². The molecular formula is C14H16FN3S. The van der Waals surface area contributed by atoms with Gasteiger partial charge in [-0.3, -0.25) is 0 Å². The molecule has 0 fully saturated rings. The molecule has 0 saturated heterocycles. The van der Waals surface area contributed by atoms with Gasteiger partial charge in [-0.25, -0.2) is 14.4 Å². The van der Waals surface area contributed by atoms with Gasteiger partial charge in [0.1, 0.15) is 5.82 Å². The lowest BCUT2D eigenvalue weighted by Gasteiger charge is -2.10. The molecule has 19 heavy (non-hydrogen) atoms. The largest absolute Gasteiger partial charge is 0.328 e. The number of halogens is 1. The first kappa shape index (κ1) is 14.0. The maximum atomic E-state index is 13.3. The average Bonchev–Trinajstić information content (AvgIpc) is 2.34. The van der Waals surface area contributed by atoms with Gasteiger partial charge in [0, 0.05) is 23.3 Å². The molecule has 0 spiro atoms. The number of nitrogens with zero attached hydrogens (tertiary/aromatic N) is 2. The van der Waals surface area contributed by atoms with Crippen LogP contribution >= 0.6 is 11.8 Å². The van der Waals surface area contributed by atoms with Crippen molar-refractivity contribution >= 4 is 11.8 Å². The summed E-state index contributed by atoms with van der Waals surface area (Å²) in [4.78, 5) is 9.43. The topological polar surface area (TPSA) is 51.8 Å². The molecule has 2 N–H and O–H groups in total. The van der Waals surface area contributed by atoms with Gasteiger partial charge < -0.3 is 5.73 Å². The van der Waals surface area contributed by atoms with E-state index >= 15 is 0 Å². The van der Waals surface area contributed by atoms with Gasteiger partial charge in [-0.15, -0.1) is 0 Å². The monoisotopic (exact) mass is 277 g/mol. The van der Waals surface area contributed by atoms with E-state index in [-0.39, 0.29) is 11.9 Å². The summed E-state index contributed by atoms with van der Waals surface area (Å²) >= 11 is 1.43. The van der Waals surface area contributed by atoms with Crippen molar-refractivity contribution < 1.29 is 4.39 Å². The highest BCUT2D eigenvalue weighted by Crippen LogP contribution is 2.29. The molecule has 1 unspecified atom stereocenters. The van der Waals surface area contributed by atoms with Crippen LogP contribution in [-0.4, -0.2) is 16.0 Å². The van der Waals surface area contributed by atoms with Crippen molar-refractivity contribution in [2.75, 3.05) is 0 Å². The van der Waals surface area contributed by atoms with Gasteiger partial charge in [0.2, 0.25) is 0 Å². The van der Waals surface area contributed by atoms with Crippen LogP contribution in [0.15, 0.2) is 40.6 Å². The quantitative estimate of drug-likeness (QED) is 0.873. The minimum absolute atomic E-state index is 0.0138. The molecule has 2 aromatic rings. The molecule has 100 valence electrons. The lowest BCUT2D eigenvalue weighted by molar-refractivity contribution is 0.620. The van der Waals surface area contributed by atoms with Gasteiger partial charge in [0.25, 0.3) is 0 Å². The highest BCUT2D eigenvalue weighted by molar-refractivity contribution is 7.99. The van der Waals surface area contributed by atoms with E-state index in [1.54, 1.807) is 18.5 Å². The highest BCUT2D eigenvalue weighted by atomic mass is 32.2. The van der Waals surface area contributed by atoms with Gasteiger partial charge in [-0.2, -0.15) is 0 Å². The molecule has 1 atom stereocenters. The summed E-state index contributed by atoms with van der Waals surface area (Å²) in [5, 5.41) is 0.656. The van der Waals surface area contributed by atoms with Crippen LogP contribution in [0.25, 0.3) is 0 Å². The molecule has 5 heteroatoms. The van der Waals surface area contributed by atoms with E-state index in [9.17, 15) is 4.39 Å². The molecule has 1 heterocycles. The average molecular weight is 277 g/mol. The van der Waals surface area contributed by atoms with Crippen LogP contribution in [0.2, 0.25) is 0 Å². The van der Waals surface area contributed by atoms with E-state index in [0.717, 1.165) is 16.0 Å². The second-order valence-electron chi connectivity index (χ2n) is 4.58. The van der Waals surface area contributed by atoms with Gasteiger partial charge in [0.15, 0.2) is 5.16 Å². The van der Waals surface area contributed by atoms with Crippen LogP contribution in [0.1, 0.15) is 18.1 Å². The van der Waals surface area contributed by atoms with Crippen molar-refractivity contribution in [1.82, 2.24) is 9.97 Å². The van der Waals surface area contributed by atoms with E-state index in [0.29, 0.717) is 11.6 Å². The molecule has 0 aliphatic heterocycles. The van der Waals surface area contributed by atoms with Crippen molar-refractivity contribution in [3.05, 3.63) is 47.5 Å². The Hall–Kier alpha value is -1.46. The van der Waals surface area contributed by atoms with Crippen LogP contribution in [0.4, 0.5) is 4.39 Å². The second-order valence-corrected chi connectivity index (χ2v) is 5.59. The number of aryl methyl sites for hydroxylation is 1. The third-order valence-corrected chi connectivity index (χ3v) is 3.53. The molecule has 1 aromatic carbocycles. The Balaban J connectivity index is 2.26. The smallest absolute Gasteiger partial charge is 0.192 e. The SMILES string of the molecule is Cc1cnc(Sc2ccc(F)cc2CC(C)N)nc1. The third-order valence-electron chi connectivity index (χ3n) is 2.52. The second kappa shape index (κ2) is 6.12. The van der Waals surface area contributed by atoms with E-state index < -0.39 is 0 Å². The molecule has 0 saturated carbocycles. The number of rotatable bonds is 4. The highest BCUT2D eigenvalue weighted by Gasteiger charge is 2.09. The van der Waals surface area contributed by atoms with Crippen LogP contribution in [0.5, 0.6) is 0 Å². The van der Waals surface area contributed by atoms with Crippen LogP contribution in [0, 0.1) is 12.7 Å². The first-order chi connectivity index (χ1) is 9.04. The molecule has 1 aromatic heterocycles. The zero-order valence-electron chi connectivity index (χ0n) is 10.9. The summed E-state index contributed by atoms with van der Waals surface area (Å²) in [6.45, 7) is 3.84. The van der Waals surface area contributed by atoms with Gasteiger partial charge in [-0.1, -0.05) is 0 Å².